The third-order valence-electron chi connectivity index (χ3n) is 3.67. The minimum absolute atomic E-state index is 0.0494. The van der Waals surface area contributed by atoms with Gasteiger partial charge in [-0.15, -0.1) is 0 Å². The first-order chi connectivity index (χ1) is 11.8. The van der Waals surface area contributed by atoms with E-state index in [9.17, 15) is 0 Å². The molecule has 0 fully saturated rings. The summed E-state index contributed by atoms with van der Waals surface area (Å²) in [6.45, 7) is 2.38. The third-order valence-corrected chi connectivity index (χ3v) is 3.67. The summed E-state index contributed by atoms with van der Waals surface area (Å²) in [5.41, 5.74) is 3.37. The van der Waals surface area contributed by atoms with Crippen LogP contribution in [-0.4, -0.2) is 45.7 Å². The maximum Gasteiger partial charge on any atom is 0.161 e. The van der Waals surface area contributed by atoms with Gasteiger partial charge in [0.25, 0.3) is 0 Å². The Labute approximate surface area is 143 Å². The Morgan fingerprint density at radius 3 is 2.33 bits per heavy atom. The van der Waals surface area contributed by atoms with Crippen LogP contribution in [0.5, 0.6) is 11.5 Å². The van der Waals surface area contributed by atoms with Crippen molar-refractivity contribution in [2.75, 3.05) is 40.6 Å². The molecular weight excluding hydrogens is 306 g/mol. The number of aliphatic hydroxyl groups is 1. The van der Waals surface area contributed by atoms with E-state index in [1.54, 1.807) is 14.2 Å². The van der Waals surface area contributed by atoms with Gasteiger partial charge in [0.1, 0.15) is 0 Å². The number of ether oxygens (including phenoxy) is 3. The molecule has 0 unspecified atom stereocenters. The Morgan fingerprint density at radius 2 is 1.67 bits per heavy atom. The average Bonchev–Trinajstić information content (AvgIpc) is 2.64. The largest absolute Gasteiger partial charge is 0.493 e. The highest BCUT2D eigenvalue weighted by Crippen LogP contribution is 2.35. The second-order valence-corrected chi connectivity index (χ2v) is 5.24. The average molecular weight is 331 g/mol. The highest BCUT2D eigenvalue weighted by Gasteiger charge is 2.12. The van der Waals surface area contributed by atoms with Crippen LogP contribution in [0, 0.1) is 0 Å². The van der Waals surface area contributed by atoms with E-state index in [1.165, 1.54) is 0 Å². The molecule has 2 aromatic carbocycles. The van der Waals surface area contributed by atoms with Gasteiger partial charge in [-0.3, -0.25) is 0 Å². The van der Waals surface area contributed by atoms with Gasteiger partial charge in [0.05, 0.1) is 34.0 Å². The molecule has 5 nitrogen and oxygen atoms in total. The van der Waals surface area contributed by atoms with Gasteiger partial charge in [-0.1, -0.05) is 30.3 Å². The van der Waals surface area contributed by atoms with E-state index < -0.39 is 0 Å². The molecule has 0 aromatic heterocycles. The topological polar surface area (TPSA) is 60.0 Å². The summed E-state index contributed by atoms with van der Waals surface area (Å²) in [4.78, 5) is 0. The van der Waals surface area contributed by atoms with Crippen molar-refractivity contribution in [3.8, 4) is 22.6 Å². The molecule has 0 aliphatic heterocycles. The Kier molecular flexibility index (Phi) is 7.55. The number of nitrogens with one attached hydrogen (secondary N) is 1. The second kappa shape index (κ2) is 9.93. The van der Waals surface area contributed by atoms with Crippen LogP contribution < -0.4 is 14.8 Å². The normalized spacial score (nSPS) is 10.6. The summed E-state index contributed by atoms with van der Waals surface area (Å²) in [5.74, 6) is 1.43. The number of rotatable bonds is 10. The molecule has 0 bridgehead atoms. The zero-order chi connectivity index (χ0) is 17.2. The van der Waals surface area contributed by atoms with Crippen molar-refractivity contribution in [3.63, 3.8) is 0 Å². The van der Waals surface area contributed by atoms with Crippen LogP contribution in [0.1, 0.15) is 5.56 Å². The highest BCUT2D eigenvalue weighted by molar-refractivity contribution is 5.71. The number of benzene rings is 2. The first-order valence-corrected chi connectivity index (χ1v) is 7.99. The molecule has 5 heteroatoms. The van der Waals surface area contributed by atoms with E-state index in [4.69, 9.17) is 19.3 Å². The quantitative estimate of drug-likeness (QED) is 0.655. The van der Waals surface area contributed by atoms with Crippen LogP contribution in [0.2, 0.25) is 0 Å². The molecule has 0 aliphatic carbocycles. The van der Waals surface area contributed by atoms with Gasteiger partial charge in [0.2, 0.25) is 0 Å². The van der Waals surface area contributed by atoms with Crippen molar-refractivity contribution >= 4 is 0 Å². The fraction of sp³-hybridized carbons (Fsp3) is 0.368. The molecular formula is C19H25NO4. The van der Waals surface area contributed by atoms with Gasteiger partial charge in [0.15, 0.2) is 11.5 Å². The number of hydrogen-bond acceptors (Lipinski definition) is 5. The van der Waals surface area contributed by atoms with Gasteiger partial charge < -0.3 is 24.6 Å². The molecule has 2 rings (SSSR count). The molecule has 0 saturated heterocycles. The van der Waals surface area contributed by atoms with Crippen LogP contribution in [0.3, 0.4) is 0 Å². The second-order valence-electron chi connectivity index (χ2n) is 5.24. The molecule has 24 heavy (non-hydrogen) atoms. The van der Waals surface area contributed by atoms with Crippen molar-refractivity contribution in [1.29, 1.82) is 0 Å². The monoisotopic (exact) mass is 331 g/mol. The predicted molar refractivity (Wildman–Crippen MR) is 94.6 cm³/mol. The first kappa shape index (κ1) is 18.3. The van der Waals surface area contributed by atoms with Gasteiger partial charge in [-0.2, -0.15) is 0 Å². The standard InChI is InChI=1S/C19H25NO4/c1-22-18-12-16(14-20-8-10-24-11-9-21)17(13-19(18)23-2)15-6-4-3-5-7-15/h3-7,12-13,20-21H,8-11,14H2,1-2H3. The molecule has 0 radical (unpaired) electrons. The van der Waals surface area contributed by atoms with E-state index in [0.29, 0.717) is 37.8 Å². The molecule has 0 heterocycles. The van der Waals surface area contributed by atoms with Gasteiger partial charge in [-0.25, -0.2) is 0 Å². The maximum atomic E-state index is 8.70. The summed E-state index contributed by atoms with van der Waals surface area (Å²) in [6.07, 6.45) is 0. The van der Waals surface area contributed by atoms with E-state index >= 15 is 0 Å². The summed E-state index contributed by atoms with van der Waals surface area (Å²) in [6, 6.07) is 14.2. The van der Waals surface area contributed by atoms with Crippen LogP contribution in [0.25, 0.3) is 11.1 Å². The zero-order valence-electron chi connectivity index (χ0n) is 14.2. The van der Waals surface area contributed by atoms with Crippen LogP contribution in [-0.2, 0) is 11.3 Å². The molecule has 130 valence electrons. The van der Waals surface area contributed by atoms with E-state index in [0.717, 1.165) is 16.7 Å². The van der Waals surface area contributed by atoms with E-state index in [1.807, 2.05) is 30.3 Å². The Morgan fingerprint density at radius 1 is 0.958 bits per heavy atom. The Bertz CT molecular complexity index is 616. The lowest BCUT2D eigenvalue weighted by atomic mass is 9.98. The number of hydrogen-bond donors (Lipinski definition) is 2. The number of methoxy groups -OCH3 is 2. The minimum atomic E-state index is 0.0494. The van der Waals surface area contributed by atoms with E-state index in [-0.39, 0.29) is 6.61 Å². The fourth-order valence-electron chi connectivity index (χ4n) is 2.49. The molecule has 2 N–H and O–H groups in total. The molecule has 0 amide bonds. The molecule has 0 atom stereocenters. The minimum Gasteiger partial charge on any atom is -0.493 e. The number of aliphatic hydroxyl groups excluding tert-OH is 1. The third kappa shape index (κ3) is 4.96. The molecule has 0 aliphatic rings. The summed E-state index contributed by atoms with van der Waals surface area (Å²) in [7, 11) is 3.28. The van der Waals surface area contributed by atoms with Gasteiger partial charge >= 0.3 is 0 Å². The van der Waals surface area contributed by atoms with Crippen LogP contribution in [0.4, 0.5) is 0 Å². The lowest BCUT2D eigenvalue weighted by molar-refractivity contribution is 0.0938. The van der Waals surface area contributed by atoms with Crippen LogP contribution in [0.15, 0.2) is 42.5 Å². The molecule has 2 aromatic rings. The van der Waals surface area contributed by atoms with Gasteiger partial charge in [0, 0.05) is 13.1 Å². The summed E-state index contributed by atoms with van der Waals surface area (Å²) >= 11 is 0. The Hall–Kier alpha value is -2.08. The summed E-state index contributed by atoms with van der Waals surface area (Å²) < 4.78 is 16.1. The Balaban J connectivity index is 2.17. The fourth-order valence-corrected chi connectivity index (χ4v) is 2.49. The van der Waals surface area contributed by atoms with Crippen LogP contribution >= 0.6 is 0 Å². The van der Waals surface area contributed by atoms with Gasteiger partial charge in [-0.05, 0) is 28.8 Å². The first-order valence-electron chi connectivity index (χ1n) is 7.99. The SMILES string of the molecule is COc1cc(CNCCOCCO)c(-c2ccccc2)cc1OC. The van der Waals surface area contributed by atoms with Crippen molar-refractivity contribution in [3.05, 3.63) is 48.0 Å². The lowest BCUT2D eigenvalue weighted by Crippen LogP contribution is -2.20. The van der Waals surface area contributed by atoms with E-state index in [2.05, 4.69) is 17.4 Å². The van der Waals surface area contributed by atoms with Crippen molar-refractivity contribution in [1.82, 2.24) is 5.32 Å². The van der Waals surface area contributed by atoms with Crippen molar-refractivity contribution in [2.24, 2.45) is 0 Å². The molecule has 0 spiro atoms. The zero-order valence-corrected chi connectivity index (χ0v) is 14.2. The molecule has 0 saturated carbocycles. The lowest BCUT2D eigenvalue weighted by Gasteiger charge is -2.16. The smallest absolute Gasteiger partial charge is 0.161 e. The highest BCUT2D eigenvalue weighted by atomic mass is 16.5. The maximum absolute atomic E-state index is 8.70. The van der Waals surface area contributed by atoms with Crippen molar-refractivity contribution < 1.29 is 19.3 Å². The van der Waals surface area contributed by atoms with Crippen molar-refractivity contribution in [2.45, 2.75) is 6.54 Å². The summed E-state index contributed by atoms with van der Waals surface area (Å²) in [5, 5.41) is 12.1. The predicted octanol–water partition coefficient (Wildman–Crippen LogP) is 2.47.